The van der Waals surface area contributed by atoms with Gasteiger partial charge in [0.15, 0.2) is 0 Å². The van der Waals surface area contributed by atoms with Crippen LogP contribution in [0.2, 0.25) is 0 Å². The van der Waals surface area contributed by atoms with Gasteiger partial charge in [0.05, 0.1) is 11.4 Å². The Hall–Kier alpha value is -3.61. The number of benzene rings is 1. The van der Waals surface area contributed by atoms with Crippen LogP contribution in [-0.2, 0) is 9.59 Å². The molecular formula is C29H33N5O2. The van der Waals surface area contributed by atoms with Crippen molar-refractivity contribution in [2.45, 2.75) is 59.3 Å². The lowest BCUT2D eigenvalue weighted by atomic mass is 9.87. The second kappa shape index (κ2) is 9.45. The summed E-state index contributed by atoms with van der Waals surface area (Å²) in [5, 5.41) is 8.66. The van der Waals surface area contributed by atoms with Gasteiger partial charge in [-0.2, -0.15) is 5.11 Å². The fraction of sp³-hybridized carbons (Fsp3) is 0.414. The number of aromatic amines is 1. The number of azo groups is 1. The third-order valence-corrected chi connectivity index (χ3v) is 7.33. The number of piperidine rings is 1. The molecule has 2 amide bonds. The molecule has 1 fully saturated rings. The van der Waals surface area contributed by atoms with E-state index >= 15 is 0 Å². The number of aryl methyl sites for hydroxylation is 2. The zero-order valence-corrected chi connectivity index (χ0v) is 21.6. The smallest absolute Gasteiger partial charge is 0.281 e. The van der Waals surface area contributed by atoms with Crippen molar-refractivity contribution in [1.29, 1.82) is 0 Å². The molecule has 1 unspecified atom stereocenters. The molecular weight excluding hydrogens is 450 g/mol. The number of carbonyl (C=O) groups is 2. The van der Waals surface area contributed by atoms with Gasteiger partial charge in [0.25, 0.3) is 5.91 Å². The normalized spacial score (nSPS) is 18.8. The van der Waals surface area contributed by atoms with E-state index in [1.54, 1.807) is 13.0 Å². The van der Waals surface area contributed by atoms with Gasteiger partial charge < -0.3 is 9.88 Å². The number of aromatic nitrogens is 2. The summed E-state index contributed by atoms with van der Waals surface area (Å²) in [6.45, 7) is 11.6. The van der Waals surface area contributed by atoms with Crippen molar-refractivity contribution >= 4 is 22.7 Å². The van der Waals surface area contributed by atoms with Crippen LogP contribution in [0.15, 0.2) is 52.3 Å². The number of nitrogens with zero attached hydrogens (tertiary/aromatic N) is 4. The van der Waals surface area contributed by atoms with E-state index in [-0.39, 0.29) is 5.91 Å². The largest absolute Gasteiger partial charge is 0.354 e. The predicted octanol–water partition coefficient (Wildman–Crippen LogP) is 6.19. The summed E-state index contributed by atoms with van der Waals surface area (Å²) in [4.78, 5) is 35.1. The van der Waals surface area contributed by atoms with Crippen molar-refractivity contribution < 1.29 is 9.59 Å². The molecule has 5 rings (SSSR count). The van der Waals surface area contributed by atoms with Crippen molar-refractivity contribution in [1.82, 2.24) is 14.9 Å². The molecule has 0 bridgehead atoms. The quantitative estimate of drug-likeness (QED) is 0.449. The molecule has 1 atom stereocenters. The number of fused-ring (bicyclic) bond motifs is 1. The number of allylic oxidation sites excluding steroid dienone is 1. The molecule has 1 N–H and O–H groups in total. The zero-order chi connectivity index (χ0) is 25.6. The van der Waals surface area contributed by atoms with Crippen LogP contribution in [0.3, 0.4) is 0 Å². The SMILES string of the molecule is CC1=CC(C(=O)N2CCC(c3ccc4[nH]c(-c5cc(C)nc(C)c5)c(C(C)C)c4c3)CC2)C(=O)N=N1. The average Bonchev–Trinajstić information content (AvgIpc) is 3.24. The summed E-state index contributed by atoms with van der Waals surface area (Å²) in [6.07, 6.45) is 3.37. The van der Waals surface area contributed by atoms with Gasteiger partial charge in [0.2, 0.25) is 5.91 Å². The Morgan fingerprint density at radius 2 is 1.72 bits per heavy atom. The minimum Gasteiger partial charge on any atom is -0.354 e. The highest BCUT2D eigenvalue weighted by Crippen LogP contribution is 2.38. The maximum Gasteiger partial charge on any atom is 0.281 e. The molecule has 2 aliphatic heterocycles. The minimum absolute atomic E-state index is 0.160. The van der Waals surface area contributed by atoms with Crippen LogP contribution >= 0.6 is 0 Å². The zero-order valence-electron chi connectivity index (χ0n) is 21.6. The molecule has 7 heteroatoms. The fourth-order valence-electron chi connectivity index (χ4n) is 5.63. The highest BCUT2D eigenvalue weighted by atomic mass is 16.2. The van der Waals surface area contributed by atoms with Crippen LogP contribution in [0.25, 0.3) is 22.2 Å². The maximum atomic E-state index is 13.0. The van der Waals surface area contributed by atoms with Crippen LogP contribution < -0.4 is 0 Å². The number of pyridine rings is 1. The van der Waals surface area contributed by atoms with Gasteiger partial charge >= 0.3 is 0 Å². The van der Waals surface area contributed by atoms with E-state index in [0.29, 0.717) is 30.6 Å². The molecule has 0 spiro atoms. The van der Waals surface area contributed by atoms with Crippen molar-refractivity contribution in [3.05, 3.63) is 64.6 Å². The lowest BCUT2D eigenvalue weighted by molar-refractivity contribution is -0.140. The number of likely N-dealkylation sites (tertiary alicyclic amines) is 1. The van der Waals surface area contributed by atoms with Crippen LogP contribution in [-0.4, -0.2) is 39.8 Å². The molecule has 1 aromatic carbocycles. The van der Waals surface area contributed by atoms with Gasteiger partial charge in [-0.15, -0.1) is 5.11 Å². The van der Waals surface area contributed by atoms with E-state index in [2.05, 4.69) is 64.4 Å². The van der Waals surface area contributed by atoms with Crippen molar-refractivity contribution in [2.75, 3.05) is 13.1 Å². The summed E-state index contributed by atoms with van der Waals surface area (Å²) < 4.78 is 0. The lowest BCUT2D eigenvalue weighted by Crippen LogP contribution is -2.43. The number of amides is 2. The van der Waals surface area contributed by atoms with Crippen LogP contribution in [0, 0.1) is 19.8 Å². The number of hydrogen-bond acceptors (Lipinski definition) is 4. The molecule has 0 saturated carbocycles. The number of nitrogens with one attached hydrogen (secondary N) is 1. The summed E-state index contributed by atoms with van der Waals surface area (Å²) in [5.41, 5.74) is 8.77. The second-order valence-corrected chi connectivity index (χ2v) is 10.4. The van der Waals surface area contributed by atoms with E-state index in [1.165, 1.54) is 27.8 Å². The molecule has 3 aromatic rings. The summed E-state index contributed by atoms with van der Waals surface area (Å²) >= 11 is 0. The molecule has 0 aliphatic carbocycles. The minimum atomic E-state index is -0.831. The van der Waals surface area contributed by atoms with E-state index in [4.69, 9.17) is 0 Å². The highest BCUT2D eigenvalue weighted by molar-refractivity contribution is 6.03. The topological polar surface area (TPSA) is 90.8 Å². The first kappa shape index (κ1) is 24.1. The summed E-state index contributed by atoms with van der Waals surface area (Å²) in [6, 6.07) is 11.0. The first-order valence-electron chi connectivity index (χ1n) is 12.7. The third-order valence-electron chi connectivity index (χ3n) is 7.33. The van der Waals surface area contributed by atoms with Crippen LogP contribution in [0.5, 0.6) is 0 Å². The first-order valence-corrected chi connectivity index (χ1v) is 12.7. The number of rotatable bonds is 4. The molecule has 2 aromatic heterocycles. The third kappa shape index (κ3) is 4.50. The molecule has 0 radical (unpaired) electrons. The van der Waals surface area contributed by atoms with Gasteiger partial charge in [-0.05, 0) is 86.9 Å². The maximum absolute atomic E-state index is 13.0. The van der Waals surface area contributed by atoms with Crippen LogP contribution in [0.4, 0.5) is 0 Å². The van der Waals surface area contributed by atoms with Gasteiger partial charge in [0, 0.05) is 40.9 Å². The Balaban J connectivity index is 1.39. The number of hydrogen-bond donors (Lipinski definition) is 1. The standard InChI is InChI=1S/C29H33N5O2/c1-16(2)26-23-15-21(6-7-25(23)31-27(26)22-12-17(3)30-18(4)13-22)20-8-10-34(11-9-20)29(36)24-14-19(5)32-33-28(24)35/h6-7,12-16,20,24,31H,8-11H2,1-5H3. The highest BCUT2D eigenvalue weighted by Gasteiger charge is 2.33. The number of carbonyl (C=O) groups excluding carboxylic acids is 2. The summed E-state index contributed by atoms with van der Waals surface area (Å²) in [5.74, 6) is -0.725. The fourth-order valence-corrected chi connectivity index (χ4v) is 5.63. The van der Waals surface area contributed by atoms with Gasteiger partial charge in [0.1, 0.15) is 5.92 Å². The average molecular weight is 484 g/mol. The van der Waals surface area contributed by atoms with Crippen molar-refractivity contribution in [3.63, 3.8) is 0 Å². The van der Waals surface area contributed by atoms with E-state index < -0.39 is 11.8 Å². The van der Waals surface area contributed by atoms with E-state index in [0.717, 1.165) is 29.7 Å². The van der Waals surface area contributed by atoms with E-state index in [1.807, 2.05) is 18.7 Å². The molecule has 36 heavy (non-hydrogen) atoms. The van der Waals surface area contributed by atoms with Gasteiger partial charge in [-0.3, -0.25) is 14.6 Å². The van der Waals surface area contributed by atoms with Gasteiger partial charge in [-0.1, -0.05) is 19.9 Å². The van der Waals surface area contributed by atoms with E-state index in [9.17, 15) is 9.59 Å². The Morgan fingerprint density at radius 3 is 2.39 bits per heavy atom. The molecule has 186 valence electrons. The van der Waals surface area contributed by atoms with Gasteiger partial charge in [-0.25, -0.2) is 0 Å². The van der Waals surface area contributed by atoms with Crippen LogP contribution in [0.1, 0.15) is 68.0 Å². The van der Waals surface area contributed by atoms with Crippen molar-refractivity contribution in [3.8, 4) is 11.3 Å². The number of H-pyrrole nitrogens is 1. The predicted molar refractivity (Wildman–Crippen MR) is 141 cm³/mol. The Labute approximate surface area is 211 Å². The molecule has 2 aliphatic rings. The molecule has 1 saturated heterocycles. The molecule has 4 heterocycles. The monoisotopic (exact) mass is 483 g/mol. The first-order chi connectivity index (χ1) is 17.2. The Kier molecular flexibility index (Phi) is 6.33. The summed E-state index contributed by atoms with van der Waals surface area (Å²) in [7, 11) is 0. The van der Waals surface area contributed by atoms with Crippen molar-refractivity contribution in [2.24, 2.45) is 16.1 Å². The second-order valence-electron chi connectivity index (χ2n) is 10.4. The molecule has 7 nitrogen and oxygen atoms in total. The Morgan fingerprint density at radius 1 is 1.03 bits per heavy atom. The lowest BCUT2D eigenvalue weighted by Gasteiger charge is -2.33. The Bertz CT molecular complexity index is 1390.